The number of nitrogens with zero attached hydrogens (tertiary/aromatic N) is 4. The summed E-state index contributed by atoms with van der Waals surface area (Å²) in [7, 11) is 0. The molecule has 2 heterocycles. The zero-order valence-electron chi connectivity index (χ0n) is 16.3. The zero-order valence-corrected chi connectivity index (χ0v) is 16.3. The molecule has 7 nitrogen and oxygen atoms in total. The molecule has 4 rings (SSSR count). The second-order valence-electron chi connectivity index (χ2n) is 7.18. The van der Waals surface area contributed by atoms with E-state index in [4.69, 9.17) is 5.41 Å². The van der Waals surface area contributed by atoms with Gasteiger partial charge in [-0.25, -0.2) is 4.98 Å². The molecule has 0 saturated carbocycles. The van der Waals surface area contributed by atoms with Gasteiger partial charge in [0.05, 0.1) is 23.0 Å². The number of aromatic hydroxyl groups is 1. The Kier molecular flexibility index (Phi) is 5.42. The predicted molar refractivity (Wildman–Crippen MR) is 114 cm³/mol. The standard InChI is InChI=1S/C23H21N5O2/c24-15-20(22(25)19-10-9-17-18(26-19)7-4-8-21(17)29)27-11-13-28(14-12-27)23(30)16-5-2-1-3-6-16/h1-10,20,25,29H,11-14H2. The molecule has 0 aliphatic carbocycles. The Morgan fingerprint density at radius 3 is 2.47 bits per heavy atom. The van der Waals surface area contributed by atoms with E-state index in [1.54, 1.807) is 47.4 Å². The lowest BCUT2D eigenvalue weighted by molar-refractivity contribution is 0.0634. The van der Waals surface area contributed by atoms with Crippen LogP contribution < -0.4 is 0 Å². The number of piperazine rings is 1. The monoisotopic (exact) mass is 399 g/mol. The minimum absolute atomic E-state index is 0.0187. The van der Waals surface area contributed by atoms with Crippen molar-refractivity contribution in [3.63, 3.8) is 0 Å². The molecule has 3 aromatic rings. The Labute approximate surface area is 174 Å². The van der Waals surface area contributed by atoms with Crippen LogP contribution >= 0.6 is 0 Å². The number of carbonyl (C=O) groups is 1. The quantitative estimate of drug-likeness (QED) is 0.657. The van der Waals surface area contributed by atoms with Gasteiger partial charge >= 0.3 is 0 Å². The molecule has 1 aliphatic rings. The fourth-order valence-electron chi connectivity index (χ4n) is 3.70. The zero-order chi connectivity index (χ0) is 21.1. The molecule has 0 spiro atoms. The van der Waals surface area contributed by atoms with Crippen LogP contribution in [0.5, 0.6) is 5.75 Å². The number of aromatic nitrogens is 1. The molecule has 1 unspecified atom stereocenters. The van der Waals surface area contributed by atoms with E-state index in [0.29, 0.717) is 48.3 Å². The third-order valence-corrected chi connectivity index (χ3v) is 5.37. The molecule has 2 N–H and O–H groups in total. The van der Waals surface area contributed by atoms with Crippen LogP contribution in [0, 0.1) is 16.7 Å². The molecule has 0 radical (unpaired) electrons. The molecule has 150 valence electrons. The van der Waals surface area contributed by atoms with Crippen LogP contribution in [0.3, 0.4) is 0 Å². The average molecular weight is 399 g/mol. The first-order valence-electron chi connectivity index (χ1n) is 9.74. The Bertz CT molecular complexity index is 1130. The molecular formula is C23H21N5O2. The van der Waals surface area contributed by atoms with Gasteiger partial charge < -0.3 is 15.4 Å². The molecule has 30 heavy (non-hydrogen) atoms. The Morgan fingerprint density at radius 2 is 1.77 bits per heavy atom. The SMILES string of the molecule is N#CC(C(=N)c1ccc2c(O)cccc2n1)N1CCN(C(=O)c2ccccc2)CC1. The van der Waals surface area contributed by atoms with Gasteiger partial charge in [0.1, 0.15) is 11.8 Å². The van der Waals surface area contributed by atoms with E-state index in [0.717, 1.165) is 0 Å². The number of pyridine rings is 1. The number of phenolic OH excluding ortho intramolecular Hbond substituents is 1. The second-order valence-corrected chi connectivity index (χ2v) is 7.18. The van der Waals surface area contributed by atoms with Crippen molar-refractivity contribution in [2.45, 2.75) is 6.04 Å². The van der Waals surface area contributed by atoms with Gasteiger partial charge in [-0.15, -0.1) is 0 Å². The molecule has 1 fully saturated rings. The van der Waals surface area contributed by atoms with Crippen molar-refractivity contribution < 1.29 is 9.90 Å². The molecule has 1 atom stereocenters. The summed E-state index contributed by atoms with van der Waals surface area (Å²) >= 11 is 0. The van der Waals surface area contributed by atoms with Crippen molar-refractivity contribution in [3.8, 4) is 11.8 Å². The third kappa shape index (κ3) is 3.73. The van der Waals surface area contributed by atoms with Crippen molar-refractivity contribution in [3.05, 3.63) is 71.9 Å². The van der Waals surface area contributed by atoms with E-state index in [1.807, 2.05) is 23.1 Å². The van der Waals surface area contributed by atoms with Crippen LogP contribution in [-0.4, -0.2) is 63.7 Å². The van der Waals surface area contributed by atoms with Gasteiger partial charge in [0.2, 0.25) is 0 Å². The molecule has 2 aromatic carbocycles. The maximum absolute atomic E-state index is 12.6. The fraction of sp³-hybridized carbons (Fsp3) is 0.217. The maximum Gasteiger partial charge on any atom is 0.253 e. The highest BCUT2D eigenvalue weighted by molar-refractivity contribution is 6.04. The summed E-state index contributed by atoms with van der Waals surface area (Å²) in [4.78, 5) is 20.8. The number of nitriles is 1. The van der Waals surface area contributed by atoms with Gasteiger partial charge in [-0.2, -0.15) is 5.26 Å². The van der Waals surface area contributed by atoms with Gasteiger partial charge in [-0.05, 0) is 36.4 Å². The number of hydrogen-bond donors (Lipinski definition) is 2. The third-order valence-electron chi connectivity index (χ3n) is 5.37. The van der Waals surface area contributed by atoms with Crippen LogP contribution in [0.2, 0.25) is 0 Å². The van der Waals surface area contributed by atoms with E-state index in [2.05, 4.69) is 11.1 Å². The number of phenols is 1. The van der Waals surface area contributed by atoms with E-state index >= 15 is 0 Å². The van der Waals surface area contributed by atoms with Gasteiger partial charge in [-0.3, -0.25) is 9.69 Å². The summed E-state index contributed by atoms with van der Waals surface area (Å²) in [5.41, 5.74) is 1.75. The highest BCUT2D eigenvalue weighted by atomic mass is 16.3. The first kappa shape index (κ1) is 19.6. The number of hydrogen-bond acceptors (Lipinski definition) is 6. The lowest BCUT2D eigenvalue weighted by Gasteiger charge is -2.37. The molecule has 1 amide bonds. The van der Waals surface area contributed by atoms with Crippen molar-refractivity contribution in [1.29, 1.82) is 10.7 Å². The van der Waals surface area contributed by atoms with E-state index in [9.17, 15) is 15.2 Å². The minimum atomic E-state index is -0.749. The first-order chi connectivity index (χ1) is 14.6. The molecule has 0 bridgehead atoms. The number of benzene rings is 2. The first-order valence-corrected chi connectivity index (χ1v) is 9.74. The van der Waals surface area contributed by atoms with Gasteiger partial charge in [0.15, 0.2) is 0 Å². The van der Waals surface area contributed by atoms with E-state index in [1.165, 1.54) is 0 Å². The van der Waals surface area contributed by atoms with Crippen LogP contribution in [0.15, 0.2) is 60.7 Å². The number of fused-ring (bicyclic) bond motifs is 1. The topological polar surface area (TPSA) is 104 Å². The number of carbonyl (C=O) groups excluding carboxylic acids is 1. The van der Waals surface area contributed by atoms with Crippen LogP contribution in [0.25, 0.3) is 10.9 Å². The van der Waals surface area contributed by atoms with Crippen molar-refractivity contribution >= 4 is 22.5 Å². The number of rotatable bonds is 4. The Morgan fingerprint density at radius 1 is 1.03 bits per heavy atom. The average Bonchev–Trinajstić information content (AvgIpc) is 2.80. The van der Waals surface area contributed by atoms with Crippen molar-refractivity contribution in [1.82, 2.24) is 14.8 Å². The van der Waals surface area contributed by atoms with Crippen molar-refractivity contribution in [2.24, 2.45) is 0 Å². The number of amides is 1. The van der Waals surface area contributed by atoms with Gasteiger partial charge in [-0.1, -0.05) is 24.3 Å². The largest absolute Gasteiger partial charge is 0.507 e. The summed E-state index contributed by atoms with van der Waals surface area (Å²) in [6, 6.07) is 19.0. The highest BCUT2D eigenvalue weighted by Crippen LogP contribution is 2.23. The fourth-order valence-corrected chi connectivity index (χ4v) is 3.70. The Balaban J connectivity index is 1.47. The minimum Gasteiger partial charge on any atom is -0.507 e. The Hall–Kier alpha value is -3.76. The van der Waals surface area contributed by atoms with E-state index < -0.39 is 6.04 Å². The van der Waals surface area contributed by atoms with Gasteiger partial charge in [0.25, 0.3) is 5.91 Å². The summed E-state index contributed by atoms with van der Waals surface area (Å²) in [6.07, 6.45) is 0. The highest BCUT2D eigenvalue weighted by Gasteiger charge is 2.30. The summed E-state index contributed by atoms with van der Waals surface area (Å²) < 4.78 is 0. The van der Waals surface area contributed by atoms with Crippen LogP contribution in [0.4, 0.5) is 0 Å². The molecule has 1 aromatic heterocycles. The molecular weight excluding hydrogens is 378 g/mol. The van der Waals surface area contributed by atoms with Crippen LogP contribution in [-0.2, 0) is 0 Å². The van der Waals surface area contributed by atoms with Gasteiger partial charge in [0, 0.05) is 37.1 Å². The lowest BCUT2D eigenvalue weighted by atomic mass is 10.0. The van der Waals surface area contributed by atoms with E-state index in [-0.39, 0.29) is 17.4 Å². The summed E-state index contributed by atoms with van der Waals surface area (Å²) in [5, 5.41) is 28.8. The second kappa shape index (κ2) is 8.31. The molecule has 1 saturated heterocycles. The maximum atomic E-state index is 12.6. The van der Waals surface area contributed by atoms with Crippen LogP contribution in [0.1, 0.15) is 16.1 Å². The normalized spacial score (nSPS) is 15.5. The lowest BCUT2D eigenvalue weighted by Crippen LogP contribution is -2.53. The predicted octanol–water partition coefficient (Wildman–Crippen LogP) is 2.66. The van der Waals surface area contributed by atoms with Crippen molar-refractivity contribution in [2.75, 3.05) is 26.2 Å². The molecule has 7 heteroatoms. The smallest absolute Gasteiger partial charge is 0.253 e. The summed E-state index contributed by atoms with van der Waals surface area (Å²) in [5.74, 6) is 0.115. The number of nitrogens with one attached hydrogen (secondary N) is 1. The summed E-state index contributed by atoms with van der Waals surface area (Å²) in [6.45, 7) is 2.01. The molecule has 1 aliphatic heterocycles.